The van der Waals surface area contributed by atoms with Crippen LogP contribution < -0.4 is 9.47 Å². The molecule has 0 saturated heterocycles. The molecule has 0 amide bonds. The molecule has 2 aromatic rings. The van der Waals surface area contributed by atoms with Crippen LogP contribution in [0.25, 0.3) is 0 Å². The smallest absolute Gasteiger partial charge is 0.180 e. The van der Waals surface area contributed by atoms with Gasteiger partial charge >= 0.3 is 0 Å². The molecule has 0 aliphatic heterocycles. The fourth-order valence-corrected chi connectivity index (χ4v) is 4.18. The van der Waals surface area contributed by atoms with Gasteiger partial charge < -0.3 is 9.47 Å². The molecular weight excluding hydrogens is 401 g/mol. The molecule has 144 valence electrons. The van der Waals surface area contributed by atoms with Crippen molar-refractivity contribution in [2.75, 3.05) is 7.11 Å². The number of ketones is 2. The summed E-state index contributed by atoms with van der Waals surface area (Å²) < 4.78 is 11.3. The standard InChI is InChI=1S/C21H17Cl2NO4/c1-27-18-5-4-11(17(25)8-14-15(22)9-24-10-16(14)23)7-19(18)28-21-13-3-2-12(6-13)20(21)26/h2-5,7,9-10,12-13,21H,6,8H2,1H3. The molecule has 3 atom stereocenters. The van der Waals surface area contributed by atoms with Gasteiger partial charge in [-0.3, -0.25) is 14.6 Å². The maximum atomic E-state index is 12.8. The lowest BCUT2D eigenvalue weighted by Crippen LogP contribution is -2.31. The van der Waals surface area contributed by atoms with Crippen molar-refractivity contribution in [1.29, 1.82) is 0 Å². The number of nitrogens with zero attached hydrogens (tertiary/aromatic N) is 1. The highest BCUT2D eigenvalue weighted by molar-refractivity contribution is 6.36. The number of rotatable bonds is 6. The maximum absolute atomic E-state index is 12.8. The molecule has 1 aromatic carbocycles. The van der Waals surface area contributed by atoms with Crippen molar-refractivity contribution in [3.05, 3.63) is 63.9 Å². The Bertz CT molecular complexity index is 968. The van der Waals surface area contributed by atoms with E-state index in [1.807, 2.05) is 12.2 Å². The summed E-state index contributed by atoms with van der Waals surface area (Å²) in [4.78, 5) is 29.1. The molecule has 5 nitrogen and oxygen atoms in total. The first kappa shape index (κ1) is 19.0. The number of hydrogen-bond acceptors (Lipinski definition) is 5. The highest BCUT2D eigenvalue weighted by Gasteiger charge is 2.45. The van der Waals surface area contributed by atoms with Crippen LogP contribution in [0.5, 0.6) is 11.5 Å². The van der Waals surface area contributed by atoms with E-state index in [9.17, 15) is 9.59 Å². The maximum Gasteiger partial charge on any atom is 0.180 e. The Labute approximate surface area is 172 Å². The van der Waals surface area contributed by atoms with Crippen molar-refractivity contribution in [1.82, 2.24) is 4.98 Å². The third-order valence-electron chi connectivity index (χ3n) is 5.18. The Balaban J connectivity index is 1.59. The zero-order valence-corrected chi connectivity index (χ0v) is 16.5. The topological polar surface area (TPSA) is 65.5 Å². The minimum atomic E-state index is -0.543. The zero-order valence-electron chi connectivity index (χ0n) is 15.0. The quantitative estimate of drug-likeness (QED) is 0.516. The first-order valence-corrected chi connectivity index (χ1v) is 9.61. The molecule has 1 fully saturated rings. The highest BCUT2D eigenvalue weighted by atomic mass is 35.5. The van der Waals surface area contributed by atoms with E-state index in [-0.39, 0.29) is 29.8 Å². The van der Waals surface area contributed by atoms with Crippen LogP contribution in [0.15, 0.2) is 42.7 Å². The molecule has 0 radical (unpaired) electrons. The number of aromatic nitrogens is 1. The van der Waals surface area contributed by atoms with Gasteiger partial charge in [0.05, 0.1) is 17.2 Å². The second-order valence-electron chi connectivity index (χ2n) is 6.88. The van der Waals surface area contributed by atoms with Crippen LogP contribution in [-0.2, 0) is 11.2 Å². The van der Waals surface area contributed by atoms with Crippen molar-refractivity contribution >= 4 is 34.8 Å². The molecule has 4 rings (SSSR count). The first-order valence-electron chi connectivity index (χ1n) is 8.85. The predicted octanol–water partition coefficient (Wildman–Crippen LogP) is 4.34. The molecule has 1 heterocycles. The lowest BCUT2D eigenvalue weighted by Gasteiger charge is -2.21. The van der Waals surface area contributed by atoms with Gasteiger partial charge in [0.1, 0.15) is 0 Å². The molecule has 2 bridgehead atoms. The number of hydrogen-bond donors (Lipinski definition) is 0. The molecule has 2 aliphatic rings. The van der Waals surface area contributed by atoms with E-state index in [2.05, 4.69) is 4.98 Å². The molecule has 0 N–H and O–H groups in total. The van der Waals surface area contributed by atoms with E-state index >= 15 is 0 Å². The van der Waals surface area contributed by atoms with Crippen LogP contribution in [-0.4, -0.2) is 29.8 Å². The Morgan fingerprint density at radius 2 is 1.93 bits per heavy atom. The number of fused-ring (bicyclic) bond motifs is 2. The fraction of sp³-hybridized carbons (Fsp3) is 0.286. The number of halogens is 2. The van der Waals surface area contributed by atoms with Crippen LogP contribution in [0.4, 0.5) is 0 Å². The summed E-state index contributed by atoms with van der Waals surface area (Å²) in [6, 6.07) is 4.92. The fourth-order valence-electron chi connectivity index (χ4n) is 3.68. The van der Waals surface area contributed by atoms with Crippen LogP contribution in [0, 0.1) is 11.8 Å². The summed E-state index contributed by atoms with van der Waals surface area (Å²) in [6.45, 7) is 0. The monoisotopic (exact) mass is 417 g/mol. The Kier molecular flexibility index (Phi) is 5.13. The van der Waals surface area contributed by atoms with E-state index in [4.69, 9.17) is 32.7 Å². The normalized spacial score (nSPS) is 22.5. The van der Waals surface area contributed by atoms with Crippen molar-refractivity contribution in [3.63, 3.8) is 0 Å². The second kappa shape index (κ2) is 7.57. The number of pyridine rings is 1. The Hall–Kier alpha value is -2.37. The molecule has 7 heteroatoms. The first-order chi connectivity index (χ1) is 13.5. The van der Waals surface area contributed by atoms with Gasteiger partial charge in [-0.05, 0) is 24.6 Å². The van der Waals surface area contributed by atoms with Gasteiger partial charge in [0.15, 0.2) is 29.2 Å². The Morgan fingerprint density at radius 3 is 2.57 bits per heavy atom. The number of allylic oxidation sites excluding steroid dienone is 1. The summed E-state index contributed by atoms with van der Waals surface area (Å²) in [5.74, 6) is 0.733. The lowest BCUT2D eigenvalue weighted by atomic mass is 10.0. The third-order valence-corrected chi connectivity index (χ3v) is 5.83. The van der Waals surface area contributed by atoms with Crippen LogP contribution in [0.3, 0.4) is 0 Å². The molecule has 3 unspecified atom stereocenters. The molecule has 28 heavy (non-hydrogen) atoms. The lowest BCUT2D eigenvalue weighted by molar-refractivity contribution is -0.126. The van der Waals surface area contributed by atoms with Crippen molar-refractivity contribution in [3.8, 4) is 11.5 Å². The largest absolute Gasteiger partial charge is 0.493 e. The van der Waals surface area contributed by atoms with Gasteiger partial charge in [-0.1, -0.05) is 35.4 Å². The van der Waals surface area contributed by atoms with Gasteiger partial charge in [-0.25, -0.2) is 0 Å². The van der Waals surface area contributed by atoms with E-state index < -0.39 is 6.10 Å². The summed E-state index contributed by atoms with van der Waals surface area (Å²) in [6.07, 6.45) is 7.13. The van der Waals surface area contributed by atoms with Crippen LogP contribution in [0.1, 0.15) is 22.3 Å². The SMILES string of the molecule is COc1ccc(C(=O)Cc2c(Cl)cncc2Cl)cc1OC1C(=O)C2C=CC1C2. The Morgan fingerprint density at radius 1 is 1.18 bits per heavy atom. The third kappa shape index (κ3) is 3.40. The van der Waals surface area contributed by atoms with E-state index in [0.717, 1.165) is 6.42 Å². The van der Waals surface area contributed by atoms with Gasteiger partial charge in [-0.2, -0.15) is 0 Å². The number of ether oxygens (including phenoxy) is 2. The molecule has 1 saturated carbocycles. The van der Waals surface area contributed by atoms with Gasteiger partial charge in [0.25, 0.3) is 0 Å². The minimum Gasteiger partial charge on any atom is -0.493 e. The minimum absolute atomic E-state index is 0.0295. The molecule has 2 aliphatic carbocycles. The molecule has 1 aromatic heterocycles. The summed E-state index contributed by atoms with van der Waals surface area (Å²) in [5.41, 5.74) is 0.945. The summed E-state index contributed by atoms with van der Waals surface area (Å²) in [5, 5.41) is 0.676. The number of carbonyl (C=O) groups is 2. The van der Waals surface area contributed by atoms with Crippen molar-refractivity contribution in [2.24, 2.45) is 11.8 Å². The summed E-state index contributed by atoms with van der Waals surface area (Å²) >= 11 is 12.2. The van der Waals surface area contributed by atoms with Crippen molar-refractivity contribution in [2.45, 2.75) is 18.9 Å². The number of benzene rings is 1. The van der Waals surface area contributed by atoms with Crippen LogP contribution >= 0.6 is 23.2 Å². The van der Waals surface area contributed by atoms with Gasteiger partial charge in [-0.15, -0.1) is 0 Å². The number of Topliss-reactive ketones (excluding diaryl/α,β-unsaturated/α-hetero) is 2. The highest BCUT2D eigenvalue weighted by Crippen LogP contribution is 2.40. The average molecular weight is 418 g/mol. The van der Waals surface area contributed by atoms with E-state index in [0.29, 0.717) is 32.7 Å². The number of methoxy groups -OCH3 is 1. The van der Waals surface area contributed by atoms with E-state index in [1.54, 1.807) is 18.2 Å². The molecular formula is C21H17Cl2NO4. The number of carbonyl (C=O) groups excluding carboxylic acids is 2. The summed E-state index contributed by atoms with van der Waals surface area (Å²) in [7, 11) is 1.52. The average Bonchev–Trinajstić information content (AvgIpc) is 3.27. The second-order valence-corrected chi connectivity index (χ2v) is 7.69. The van der Waals surface area contributed by atoms with E-state index in [1.165, 1.54) is 19.5 Å². The van der Waals surface area contributed by atoms with Crippen molar-refractivity contribution < 1.29 is 19.1 Å². The zero-order chi connectivity index (χ0) is 19.8. The molecule has 0 spiro atoms. The van der Waals surface area contributed by atoms with Crippen LogP contribution in [0.2, 0.25) is 10.0 Å². The van der Waals surface area contributed by atoms with Gasteiger partial charge in [0, 0.05) is 41.8 Å². The van der Waals surface area contributed by atoms with Gasteiger partial charge in [0.2, 0.25) is 0 Å². The predicted molar refractivity (Wildman–Crippen MR) is 105 cm³/mol.